The van der Waals surface area contributed by atoms with Crippen LogP contribution in [-0.4, -0.2) is 51.8 Å². The van der Waals surface area contributed by atoms with E-state index < -0.39 is 0 Å². The second-order valence-corrected chi connectivity index (χ2v) is 7.25. The molecule has 2 aliphatic heterocycles. The first kappa shape index (κ1) is 18.4. The quantitative estimate of drug-likeness (QED) is 0.817. The fourth-order valence-corrected chi connectivity index (χ4v) is 4.02. The van der Waals surface area contributed by atoms with Crippen molar-refractivity contribution < 1.29 is 14.3 Å². The standard InChI is InChI=1S/C21H24N4O3/c1-14(26)24-11-9-17-15(13-24)12-22-20(23-17)18-7-5-10-25(18)21(27)16-6-3-4-8-19(16)28-2/h3-4,6,8,12,18H,5,7,9-11,13H2,1-2H3/t18-/m1/s1. The molecule has 0 spiro atoms. The van der Waals surface area contributed by atoms with Gasteiger partial charge < -0.3 is 14.5 Å². The summed E-state index contributed by atoms with van der Waals surface area (Å²) in [6.07, 6.45) is 4.30. The van der Waals surface area contributed by atoms with E-state index in [1.165, 1.54) is 0 Å². The number of carbonyl (C=O) groups is 2. The highest BCUT2D eigenvalue weighted by Crippen LogP contribution is 2.33. The van der Waals surface area contributed by atoms with Gasteiger partial charge in [-0.2, -0.15) is 0 Å². The zero-order valence-electron chi connectivity index (χ0n) is 16.2. The third kappa shape index (κ3) is 3.32. The van der Waals surface area contributed by atoms with Gasteiger partial charge in [0.05, 0.1) is 24.4 Å². The minimum atomic E-state index is -0.131. The van der Waals surface area contributed by atoms with Crippen LogP contribution < -0.4 is 4.74 Å². The number of nitrogens with zero attached hydrogens (tertiary/aromatic N) is 4. The van der Waals surface area contributed by atoms with E-state index in [-0.39, 0.29) is 17.9 Å². The second-order valence-electron chi connectivity index (χ2n) is 7.25. The Morgan fingerprint density at radius 2 is 2.04 bits per heavy atom. The lowest BCUT2D eigenvalue weighted by molar-refractivity contribution is -0.129. The summed E-state index contributed by atoms with van der Waals surface area (Å²) >= 11 is 0. The predicted molar refractivity (Wildman–Crippen MR) is 103 cm³/mol. The number of hydrogen-bond donors (Lipinski definition) is 0. The Bertz CT molecular complexity index is 914. The number of benzene rings is 1. The Morgan fingerprint density at radius 1 is 1.21 bits per heavy atom. The average Bonchev–Trinajstić information content (AvgIpc) is 3.22. The molecule has 2 amide bonds. The van der Waals surface area contributed by atoms with Crippen LogP contribution in [0.2, 0.25) is 0 Å². The van der Waals surface area contributed by atoms with Crippen LogP contribution in [0.25, 0.3) is 0 Å². The van der Waals surface area contributed by atoms with E-state index in [0.717, 1.165) is 30.5 Å². The normalized spacial score (nSPS) is 18.7. The molecule has 0 radical (unpaired) electrons. The van der Waals surface area contributed by atoms with E-state index in [9.17, 15) is 9.59 Å². The summed E-state index contributed by atoms with van der Waals surface area (Å²) in [5.41, 5.74) is 2.54. The van der Waals surface area contributed by atoms with Crippen LogP contribution in [0.15, 0.2) is 30.5 Å². The van der Waals surface area contributed by atoms with Crippen molar-refractivity contribution in [3.8, 4) is 5.75 Å². The Kier molecular flexibility index (Phi) is 4.98. The number of likely N-dealkylation sites (tertiary alicyclic amines) is 1. The predicted octanol–water partition coefficient (Wildman–Crippen LogP) is 2.37. The Hall–Kier alpha value is -2.96. The second kappa shape index (κ2) is 7.58. The summed E-state index contributed by atoms with van der Waals surface area (Å²) in [5, 5.41) is 0. The van der Waals surface area contributed by atoms with Crippen molar-refractivity contribution in [2.45, 2.75) is 38.8 Å². The minimum absolute atomic E-state index is 0.0518. The summed E-state index contributed by atoms with van der Waals surface area (Å²) in [5.74, 6) is 1.28. The van der Waals surface area contributed by atoms with Gasteiger partial charge >= 0.3 is 0 Å². The van der Waals surface area contributed by atoms with E-state index in [1.54, 1.807) is 31.1 Å². The Labute approximate surface area is 164 Å². The molecule has 28 heavy (non-hydrogen) atoms. The van der Waals surface area contributed by atoms with Crippen LogP contribution in [0.1, 0.15) is 53.2 Å². The van der Waals surface area contributed by atoms with E-state index in [4.69, 9.17) is 9.72 Å². The molecule has 0 saturated carbocycles. The maximum absolute atomic E-state index is 13.2. The molecule has 1 aromatic carbocycles. The van der Waals surface area contributed by atoms with E-state index in [2.05, 4.69) is 4.98 Å². The number of para-hydroxylation sites is 1. The Morgan fingerprint density at radius 3 is 2.82 bits per heavy atom. The van der Waals surface area contributed by atoms with Crippen LogP contribution in [0.5, 0.6) is 5.75 Å². The van der Waals surface area contributed by atoms with E-state index in [0.29, 0.717) is 36.8 Å². The largest absolute Gasteiger partial charge is 0.496 e. The van der Waals surface area contributed by atoms with Crippen LogP contribution in [0, 0.1) is 0 Å². The van der Waals surface area contributed by atoms with Crippen molar-refractivity contribution in [1.29, 1.82) is 0 Å². The molecule has 1 atom stereocenters. The third-order valence-corrected chi connectivity index (χ3v) is 5.55. The molecule has 0 unspecified atom stereocenters. The summed E-state index contributed by atoms with van der Waals surface area (Å²) in [6, 6.07) is 7.16. The van der Waals surface area contributed by atoms with Crippen molar-refractivity contribution in [1.82, 2.24) is 19.8 Å². The topological polar surface area (TPSA) is 75.6 Å². The first-order valence-electron chi connectivity index (χ1n) is 9.62. The molecule has 1 saturated heterocycles. The fraction of sp³-hybridized carbons (Fsp3) is 0.429. The lowest BCUT2D eigenvalue weighted by Crippen LogP contribution is -2.36. The molecule has 0 bridgehead atoms. The van der Waals surface area contributed by atoms with Crippen molar-refractivity contribution >= 4 is 11.8 Å². The molecule has 1 aromatic heterocycles. The fourth-order valence-electron chi connectivity index (χ4n) is 4.02. The van der Waals surface area contributed by atoms with Gasteiger partial charge in [-0.25, -0.2) is 9.97 Å². The summed E-state index contributed by atoms with van der Waals surface area (Å²) in [7, 11) is 1.57. The molecule has 0 N–H and O–H groups in total. The van der Waals surface area contributed by atoms with Crippen molar-refractivity contribution in [3.05, 3.63) is 53.1 Å². The van der Waals surface area contributed by atoms with Crippen molar-refractivity contribution in [2.75, 3.05) is 20.2 Å². The molecule has 0 aliphatic carbocycles. The molecule has 146 valence electrons. The summed E-state index contributed by atoms with van der Waals surface area (Å²) in [4.78, 5) is 37.8. The zero-order chi connectivity index (χ0) is 19.7. The number of hydrogen-bond acceptors (Lipinski definition) is 5. The van der Waals surface area contributed by atoms with Gasteiger partial charge in [0.25, 0.3) is 5.91 Å². The number of methoxy groups -OCH3 is 1. The maximum atomic E-state index is 13.2. The molecule has 1 fully saturated rings. The van der Waals surface area contributed by atoms with Crippen LogP contribution in [-0.2, 0) is 17.8 Å². The van der Waals surface area contributed by atoms with Gasteiger partial charge in [-0.1, -0.05) is 12.1 Å². The zero-order valence-corrected chi connectivity index (χ0v) is 16.2. The highest BCUT2D eigenvalue weighted by Gasteiger charge is 2.34. The van der Waals surface area contributed by atoms with Gasteiger partial charge in [0.2, 0.25) is 5.91 Å². The lowest BCUT2D eigenvalue weighted by atomic mass is 10.1. The number of aromatic nitrogens is 2. The van der Waals surface area contributed by atoms with Crippen molar-refractivity contribution in [3.63, 3.8) is 0 Å². The molecule has 2 aromatic rings. The monoisotopic (exact) mass is 380 g/mol. The first-order chi connectivity index (χ1) is 13.6. The average molecular weight is 380 g/mol. The number of fused-ring (bicyclic) bond motifs is 1. The van der Waals surface area contributed by atoms with Crippen LogP contribution in [0.3, 0.4) is 0 Å². The number of carbonyl (C=O) groups excluding carboxylic acids is 2. The van der Waals surface area contributed by atoms with Gasteiger partial charge in [-0.3, -0.25) is 9.59 Å². The van der Waals surface area contributed by atoms with Crippen molar-refractivity contribution in [2.24, 2.45) is 0 Å². The van der Waals surface area contributed by atoms with Crippen LogP contribution >= 0.6 is 0 Å². The molecule has 7 nitrogen and oxygen atoms in total. The number of rotatable bonds is 3. The molecule has 3 heterocycles. The summed E-state index contributed by atoms with van der Waals surface area (Å²) in [6.45, 7) is 3.49. The highest BCUT2D eigenvalue weighted by atomic mass is 16.5. The van der Waals surface area contributed by atoms with Gasteiger partial charge in [0.1, 0.15) is 5.75 Å². The third-order valence-electron chi connectivity index (χ3n) is 5.55. The first-order valence-corrected chi connectivity index (χ1v) is 9.62. The molecular weight excluding hydrogens is 356 g/mol. The number of amides is 2. The summed E-state index contributed by atoms with van der Waals surface area (Å²) < 4.78 is 5.36. The van der Waals surface area contributed by atoms with Gasteiger partial charge in [-0.05, 0) is 25.0 Å². The van der Waals surface area contributed by atoms with Gasteiger partial charge in [-0.15, -0.1) is 0 Å². The SMILES string of the molecule is COc1ccccc1C(=O)N1CCC[C@@H]1c1ncc2c(n1)CCN(C(C)=O)C2. The van der Waals surface area contributed by atoms with Gasteiger partial charge in [0, 0.05) is 44.7 Å². The number of ether oxygens (including phenoxy) is 1. The molecule has 7 heteroatoms. The maximum Gasteiger partial charge on any atom is 0.258 e. The molecule has 2 aliphatic rings. The molecule has 4 rings (SSSR count). The molecular formula is C21H24N4O3. The van der Waals surface area contributed by atoms with E-state index in [1.807, 2.05) is 23.2 Å². The Balaban J connectivity index is 1.59. The highest BCUT2D eigenvalue weighted by molar-refractivity contribution is 5.97. The van der Waals surface area contributed by atoms with Crippen LogP contribution in [0.4, 0.5) is 0 Å². The van der Waals surface area contributed by atoms with Gasteiger partial charge in [0.15, 0.2) is 5.82 Å². The van der Waals surface area contributed by atoms with E-state index >= 15 is 0 Å². The minimum Gasteiger partial charge on any atom is -0.496 e. The smallest absolute Gasteiger partial charge is 0.258 e. The lowest BCUT2D eigenvalue weighted by Gasteiger charge is -2.29.